The van der Waals surface area contributed by atoms with Gasteiger partial charge in [-0.05, 0) is 27.7 Å². The van der Waals surface area contributed by atoms with Gasteiger partial charge in [-0.2, -0.15) is 0 Å². The van der Waals surface area contributed by atoms with Gasteiger partial charge >= 0.3 is 6.03 Å². The molecule has 2 N–H and O–H groups in total. The number of rotatable bonds is 6. The summed E-state index contributed by atoms with van der Waals surface area (Å²) in [5.41, 5.74) is 1.98. The molecule has 2 aromatic rings. The van der Waals surface area contributed by atoms with Crippen molar-refractivity contribution in [2.24, 2.45) is 0 Å². The van der Waals surface area contributed by atoms with Crippen molar-refractivity contribution in [1.82, 2.24) is 15.2 Å². The third kappa shape index (κ3) is 4.79. The van der Waals surface area contributed by atoms with Crippen LogP contribution in [0.15, 0.2) is 35.7 Å². The van der Waals surface area contributed by atoms with Gasteiger partial charge < -0.3 is 15.3 Å². The smallest absolute Gasteiger partial charge is 0.318 e. The fourth-order valence-corrected chi connectivity index (χ4v) is 3.21. The Hall–Kier alpha value is -1.92. The number of nitrogens with zero attached hydrogens (tertiary/aromatic N) is 2. The minimum Gasteiger partial charge on any atom is -0.392 e. The molecule has 6 heteroatoms. The molecule has 0 saturated heterocycles. The van der Waals surface area contributed by atoms with Gasteiger partial charge in [0.15, 0.2) is 0 Å². The molecule has 0 aliphatic rings. The molecule has 1 aromatic carbocycles. The summed E-state index contributed by atoms with van der Waals surface area (Å²) in [6.07, 6.45) is -0.557. The van der Waals surface area contributed by atoms with Crippen LogP contribution in [0.4, 0.5) is 4.79 Å². The van der Waals surface area contributed by atoms with E-state index in [4.69, 9.17) is 0 Å². The number of carbonyl (C=O) groups is 1. The van der Waals surface area contributed by atoms with Crippen LogP contribution < -0.4 is 5.32 Å². The van der Waals surface area contributed by atoms with Crippen LogP contribution >= 0.6 is 11.3 Å². The van der Waals surface area contributed by atoms with E-state index in [-0.39, 0.29) is 18.1 Å². The van der Waals surface area contributed by atoms with Gasteiger partial charge in [0.05, 0.1) is 17.8 Å². The Kier molecular flexibility index (Phi) is 6.34. The van der Waals surface area contributed by atoms with E-state index in [1.54, 1.807) is 11.8 Å². The minimum atomic E-state index is -0.557. The van der Waals surface area contributed by atoms with Gasteiger partial charge in [0.1, 0.15) is 5.01 Å². The van der Waals surface area contributed by atoms with E-state index < -0.39 is 6.10 Å². The van der Waals surface area contributed by atoms with Crippen LogP contribution in [0.2, 0.25) is 0 Å². The normalized spacial score (nSPS) is 13.6. The Balaban J connectivity index is 2.05. The second-order valence-corrected chi connectivity index (χ2v) is 7.09. The summed E-state index contributed by atoms with van der Waals surface area (Å²) in [4.78, 5) is 18.7. The highest BCUT2D eigenvalue weighted by atomic mass is 32.1. The van der Waals surface area contributed by atoms with Gasteiger partial charge in [-0.25, -0.2) is 9.78 Å². The molecule has 5 nitrogen and oxygen atoms in total. The van der Waals surface area contributed by atoms with Crippen LogP contribution in [0.3, 0.4) is 0 Å². The van der Waals surface area contributed by atoms with Gasteiger partial charge in [-0.15, -0.1) is 11.3 Å². The van der Waals surface area contributed by atoms with E-state index in [9.17, 15) is 9.90 Å². The molecule has 1 heterocycles. The Morgan fingerprint density at radius 2 is 1.92 bits per heavy atom. The van der Waals surface area contributed by atoms with Crippen molar-refractivity contribution in [3.63, 3.8) is 0 Å². The number of hydrogen-bond acceptors (Lipinski definition) is 4. The zero-order valence-electron chi connectivity index (χ0n) is 14.6. The average molecular weight is 347 g/mol. The predicted octanol–water partition coefficient (Wildman–Crippen LogP) is 3.67. The molecule has 2 rings (SSSR count). The zero-order valence-corrected chi connectivity index (χ0v) is 15.4. The number of amides is 2. The number of urea groups is 1. The Morgan fingerprint density at radius 1 is 1.25 bits per heavy atom. The first-order valence-electron chi connectivity index (χ1n) is 8.14. The first-order chi connectivity index (χ1) is 11.4. The summed E-state index contributed by atoms with van der Waals surface area (Å²) < 4.78 is 0. The molecule has 0 saturated carbocycles. The molecule has 2 amide bonds. The Morgan fingerprint density at radius 3 is 2.50 bits per heavy atom. The number of hydrogen-bond donors (Lipinski definition) is 2. The topological polar surface area (TPSA) is 65.5 Å². The molecule has 0 radical (unpaired) electrons. The van der Waals surface area contributed by atoms with Gasteiger partial charge in [-0.1, -0.05) is 30.3 Å². The molecule has 0 aliphatic heterocycles. The largest absolute Gasteiger partial charge is 0.392 e. The molecular weight excluding hydrogens is 322 g/mol. The van der Waals surface area contributed by atoms with Gasteiger partial charge in [0, 0.05) is 23.5 Å². The third-order valence-corrected chi connectivity index (χ3v) is 4.67. The van der Waals surface area contributed by atoms with Crippen molar-refractivity contribution in [3.8, 4) is 11.3 Å². The van der Waals surface area contributed by atoms with Crippen LogP contribution in [0, 0.1) is 0 Å². The van der Waals surface area contributed by atoms with E-state index in [0.29, 0.717) is 6.54 Å². The lowest BCUT2D eigenvalue weighted by molar-refractivity contribution is 0.117. The van der Waals surface area contributed by atoms with Crippen LogP contribution in [-0.4, -0.2) is 39.7 Å². The Labute approximate surface area is 147 Å². The van der Waals surface area contributed by atoms with Crippen molar-refractivity contribution in [2.45, 2.75) is 45.9 Å². The van der Waals surface area contributed by atoms with Crippen molar-refractivity contribution in [1.29, 1.82) is 0 Å². The van der Waals surface area contributed by atoms with Crippen molar-refractivity contribution >= 4 is 17.4 Å². The van der Waals surface area contributed by atoms with E-state index in [2.05, 4.69) is 10.3 Å². The molecule has 2 unspecified atom stereocenters. The first-order valence-corrected chi connectivity index (χ1v) is 9.02. The maximum absolute atomic E-state index is 12.5. The number of aliphatic hydroxyl groups excluding tert-OH is 1. The molecule has 0 aliphatic carbocycles. The maximum Gasteiger partial charge on any atom is 0.318 e. The first kappa shape index (κ1) is 18.4. The second-order valence-electron chi connectivity index (χ2n) is 6.20. The van der Waals surface area contributed by atoms with E-state index in [1.807, 2.05) is 56.5 Å². The fourth-order valence-electron chi connectivity index (χ4n) is 2.37. The monoisotopic (exact) mass is 347 g/mol. The van der Waals surface area contributed by atoms with Crippen LogP contribution in [-0.2, 0) is 0 Å². The lowest BCUT2D eigenvalue weighted by Gasteiger charge is -2.29. The fraction of sp³-hybridized carbons (Fsp3) is 0.444. The second kappa shape index (κ2) is 8.26. The van der Waals surface area contributed by atoms with Gasteiger partial charge in [0.2, 0.25) is 0 Å². The van der Waals surface area contributed by atoms with E-state index in [1.165, 1.54) is 11.3 Å². The quantitative estimate of drug-likeness (QED) is 0.838. The third-order valence-electron chi connectivity index (χ3n) is 3.65. The van der Waals surface area contributed by atoms with Gasteiger partial charge in [-0.3, -0.25) is 0 Å². The summed E-state index contributed by atoms with van der Waals surface area (Å²) in [6.45, 7) is 7.78. The predicted molar refractivity (Wildman–Crippen MR) is 98.0 cm³/mol. The standard InChI is InChI=1S/C18H25N3O2S/c1-12(2)21(10-13(3)22)18(23)19-14(4)17-20-16(11-24-17)15-8-6-5-7-9-15/h5-9,11-14,22H,10H2,1-4H3,(H,19,23). The number of nitrogens with one attached hydrogen (secondary N) is 1. The van der Waals surface area contributed by atoms with Gasteiger partial charge in [0.25, 0.3) is 0 Å². The molecule has 0 bridgehead atoms. The number of benzene rings is 1. The lowest BCUT2D eigenvalue weighted by Crippen LogP contribution is -2.47. The molecule has 0 fully saturated rings. The summed E-state index contributed by atoms with van der Waals surface area (Å²) in [5.74, 6) is 0. The highest BCUT2D eigenvalue weighted by Crippen LogP contribution is 2.25. The molecule has 1 aromatic heterocycles. The lowest BCUT2D eigenvalue weighted by atomic mass is 10.2. The highest BCUT2D eigenvalue weighted by Gasteiger charge is 2.21. The molecule has 2 atom stereocenters. The summed E-state index contributed by atoms with van der Waals surface area (Å²) >= 11 is 1.53. The molecule has 0 spiro atoms. The zero-order chi connectivity index (χ0) is 17.7. The van der Waals surface area contributed by atoms with Crippen molar-refractivity contribution in [2.75, 3.05) is 6.54 Å². The maximum atomic E-state index is 12.5. The van der Waals surface area contributed by atoms with Crippen LogP contribution in [0.25, 0.3) is 11.3 Å². The van der Waals surface area contributed by atoms with Crippen molar-refractivity contribution < 1.29 is 9.90 Å². The van der Waals surface area contributed by atoms with Crippen LogP contribution in [0.1, 0.15) is 38.7 Å². The van der Waals surface area contributed by atoms with E-state index in [0.717, 1.165) is 16.3 Å². The Bertz CT molecular complexity index is 655. The number of thiazole rings is 1. The number of carbonyl (C=O) groups excluding carboxylic acids is 1. The van der Waals surface area contributed by atoms with Crippen LogP contribution in [0.5, 0.6) is 0 Å². The SMILES string of the molecule is CC(O)CN(C(=O)NC(C)c1nc(-c2ccccc2)cs1)C(C)C. The number of aliphatic hydroxyl groups is 1. The van der Waals surface area contributed by atoms with Crippen molar-refractivity contribution in [3.05, 3.63) is 40.7 Å². The summed E-state index contributed by atoms with van der Waals surface area (Å²) in [7, 11) is 0. The average Bonchev–Trinajstić information content (AvgIpc) is 3.03. The molecule has 24 heavy (non-hydrogen) atoms. The minimum absolute atomic E-state index is 0.0166. The highest BCUT2D eigenvalue weighted by molar-refractivity contribution is 7.10. The molecule has 130 valence electrons. The number of aromatic nitrogens is 1. The van der Waals surface area contributed by atoms with E-state index >= 15 is 0 Å². The summed E-state index contributed by atoms with van der Waals surface area (Å²) in [5, 5.41) is 15.4. The summed E-state index contributed by atoms with van der Waals surface area (Å²) in [6, 6.07) is 9.62. The molecular formula is C18H25N3O2S.